The molecule has 1 saturated heterocycles. The molecule has 4 rings (SSSR count). The second kappa shape index (κ2) is 10.6. The summed E-state index contributed by atoms with van der Waals surface area (Å²) in [6, 6.07) is 19.1. The molecule has 2 aliphatic rings. The number of carbonyl (C=O) groups is 1. The van der Waals surface area contributed by atoms with E-state index in [0.29, 0.717) is 25.1 Å². The van der Waals surface area contributed by atoms with Gasteiger partial charge in [0.2, 0.25) is 0 Å². The van der Waals surface area contributed by atoms with Crippen molar-refractivity contribution in [3.8, 4) is 11.8 Å². The highest BCUT2D eigenvalue weighted by molar-refractivity contribution is 5.94. The molecule has 0 saturated carbocycles. The van der Waals surface area contributed by atoms with E-state index < -0.39 is 0 Å². The van der Waals surface area contributed by atoms with Gasteiger partial charge < -0.3 is 9.64 Å². The number of ether oxygens (including phenoxy) is 1. The van der Waals surface area contributed by atoms with Crippen LogP contribution in [0.15, 0.2) is 54.6 Å². The van der Waals surface area contributed by atoms with Gasteiger partial charge >= 0.3 is 0 Å². The number of piperidine rings is 1. The van der Waals surface area contributed by atoms with Crippen LogP contribution in [0.25, 0.3) is 0 Å². The quantitative estimate of drug-likeness (QED) is 0.677. The Morgan fingerprint density at radius 3 is 2.52 bits per heavy atom. The highest BCUT2D eigenvalue weighted by Gasteiger charge is 2.31. The van der Waals surface area contributed by atoms with Gasteiger partial charge in [0.05, 0.1) is 6.61 Å². The lowest BCUT2D eigenvalue weighted by molar-refractivity contribution is -0.126. The van der Waals surface area contributed by atoms with Gasteiger partial charge in [0, 0.05) is 44.3 Å². The maximum atomic E-state index is 12.9. The van der Waals surface area contributed by atoms with Crippen LogP contribution < -0.4 is 0 Å². The number of amides is 1. The van der Waals surface area contributed by atoms with Crippen LogP contribution in [-0.2, 0) is 22.4 Å². The molecule has 0 spiro atoms. The van der Waals surface area contributed by atoms with Crippen molar-refractivity contribution in [2.75, 3.05) is 39.9 Å². The van der Waals surface area contributed by atoms with Crippen molar-refractivity contribution in [2.24, 2.45) is 5.92 Å². The van der Waals surface area contributed by atoms with Gasteiger partial charge in [-0.2, -0.15) is 0 Å². The number of fused-ring (bicyclic) bond motifs is 1. The number of benzene rings is 2. The molecule has 1 fully saturated rings. The first-order valence-electron chi connectivity index (χ1n) is 11.4. The Kier molecular flexibility index (Phi) is 7.40. The van der Waals surface area contributed by atoms with Crippen LogP contribution in [-0.4, -0.2) is 61.6 Å². The van der Waals surface area contributed by atoms with Gasteiger partial charge in [-0.3, -0.25) is 9.69 Å². The Morgan fingerprint density at radius 2 is 1.81 bits per heavy atom. The molecular formula is C27H32N2O2. The summed E-state index contributed by atoms with van der Waals surface area (Å²) in [5.41, 5.74) is 3.87. The molecule has 0 aromatic heterocycles. The highest BCUT2D eigenvalue weighted by Crippen LogP contribution is 2.29. The van der Waals surface area contributed by atoms with Crippen molar-refractivity contribution in [1.82, 2.24) is 9.80 Å². The van der Waals surface area contributed by atoms with Crippen molar-refractivity contribution in [3.63, 3.8) is 0 Å². The molecular weight excluding hydrogens is 384 g/mol. The summed E-state index contributed by atoms with van der Waals surface area (Å²) in [4.78, 5) is 17.4. The zero-order chi connectivity index (χ0) is 21.5. The van der Waals surface area contributed by atoms with E-state index in [1.54, 1.807) is 7.11 Å². The summed E-state index contributed by atoms with van der Waals surface area (Å²) >= 11 is 0. The van der Waals surface area contributed by atoms with Gasteiger partial charge in [-0.1, -0.05) is 48.4 Å². The molecule has 1 heterocycles. The van der Waals surface area contributed by atoms with E-state index in [4.69, 9.17) is 4.74 Å². The molecule has 4 heteroatoms. The molecule has 1 aliphatic carbocycles. The smallest absolute Gasteiger partial charge is 0.298 e. The first-order valence-corrected chi connectivity index (χ1v) is 11.4. The maximum Gasteiger partial charge on any atom is 0.298 e. The lowest BCUT2D eigenvalue weighted by atomic mass is 9.95. The molecule has 162 valence electrons. The minimum Gasteiger partial charge on any atom is -0.383 e. The summed E-state index contributed by atoms with van der Waals surface area (Å²) in [7, 11) is 1.68. The molecule has 31 heavy (non-hydrogen) atoms. The Bertz CT molecular complexity index is 906. The van der Waals surface area contributed by atoms with Crippen molar-refractivity contribution in [2.45, 2.75) is 31.7 Å². The van der Waals surface area contributed by atoms with Crippen LogP contribution in [0.1, 0.15) is 29.5 Å². The molecule has 0 radical (unpaired) electrons. The average molecular weight is 417 g/mol. The molecule has 0 N–H and O–H groups in total. The number of hydrogen-bond donors (Lipinski definition) is 0. The number of hydrogen-bond acceptors (Lipinski definition) is 3. The minimum absolute atomic E-state index is 0.105. The summed E-state index contributed by atoms with van der Waals surface area (Å²) in [5.74, 6) is 6.23. The Hall–Kier alpha value is -2.61. The predicted molar refractivity (Wildman–Crippen MR) is 124 cm³/mol. The van der Waals surface area contributed by atoms with Gasteiger partial charge in [-0.05, 0) is 61.4 Å². The van der Waals surface area contributed by atoms with E-state index in [0.717, 1.165) is 38.0 Å². The van der Waals surface area contributed by atoms with E-state index >= 15 is 0 Å². The second-order valence-electron chi connectivity index (χ2n) is 8.69. The van der Waals surface area contributed by atoms with Gasteiger partial charge in [-0.25, -0.2) is 0 Å². The predicted octanol–water partition coefficient (Wildman–Crippen LogP) is 3.39. The standard InChI is InChI=1S/C27H32N2O2/c1-31-17-16-29(27(30)14-13-22-8-3-2-4-9-22)21-23-10-7-15-28(20-23)26-18-24-11-5-6-12-25(24)19-26/h2-6,8-9,11-12,23,26H,7,10,15-21H2,1H3/t23-/m1/s1. The van der Waals surface area contributed by atoms with Gasteiger partial charge in [-0.15, -0.1) is 0 Å². The lowest BCUT2D eigenvalue weighted by Gasteiger charge is -2.38. The Balaban J connectivity index is 1.37. The normalized spacial score (nSPS) is 18.8. The SMILES string of the molecule is COCCN(C[C@@H]1CCCN(C2Cc3ccccc3C2)C1)C(=O)C#Cc1ccccc1. The van der Waals surface area contributed by atoms with Crippen LogP contribution >= 0.6 is 0 Å². The van der Waals surface area contributed by atoms with Crippen molar-refractivity contribution >= 4 is 5.91 Å². The van der Waals surface area contributed by atoms with E-state index in [2.05, 4.69) is 41.0 Å². The Labute approximate surface area is 186 Å². The zero-order valence-electron chi connectivity index (χ0n) is 18.4. The van der Waals surface area contributed by atoms with Crippen LogP contribution in [0.3, 0.4) is 0 Å². The molecule has 1 atom stereocenters. The number of likely N-dealkylation sites (tertiary alicyclic amines) is 1. The van der Waals surface area contributed by atoms with Crippen LogP contribution in [0.4, 0.5) is 0 Å². The van der Waals surface area contributed by atoms with E-state index in [-0.39, 0.29) is 5.91 Å². The van der Waals surface area contributed by atoms with E-state index in [1.807, 2.05) is 35.2 Å². The molecule has 0 bridgehead atoms. The third kappa shape index (κ3) is 5.76. The molecule has 2 aromatic carbocycles. The lowest BCUT2D eigenvalue weighted by Crippen LogP contribution is -2.47. The van der Waals surface area contributed by atoms with Crippen LogP contribution in [0.2, 0.25) is 0 Å². The summed E-state index contributed by atoms with van der Waals surface area (Å²) < 4.78 is 5.26. The van der Waals surface area contributed by atoms with Gasteiger partial charge in [0.25, 0.3) is 5.91 Å². The third-order valence-corrected chi connectivity index (χ3v) is 6.51. The van der Waals surface area contributed by atoms with Crippen LogP contribution in [0.5, 0.6) is 0 Å². The second-order valence-corrected chi connectivity index (χ2v) is 8.69. The van der Waals surface area contributed by atoms with Crippen molar-refractivity contribution < 1.29 is 9.53 Å². The number of nitrogens with zero attached hydrogens (tertiary/aromatic N) is 2. The topological polar surface area (TPSA) is 32.8 Å². The van der Waals surface area contributed by atoms with Gasteiger partial charge in [0.15, 0.2) is 0 Å². The maximum absolute atomic E-state index is 12.9. The fourth-order valence-corrected chi connectivity index (χ4v) is 4.89. The minimum atomic E-state index is -0.105. The fraction of sp³-hybridized carbons (Fsp3) is 0.444. The zero-order valence-corrected chi connectivity index (χ0v) is 18.4. The summed E-state index contributed by atoms with van der Waals surface area (Å²) in [6.45, 7) is 4.09. The summed E-state index contributed by atoms with van der Waals surface area (Å²) in [6.07, 6.45) is 4.66. The number of carbonyl (C=O) groups excluding carboxylic acids is 1. The summed E-state index contributed by atoms with van der Waals surface area (Å²) in [5, 5.41) is 0. The molecule has 1 aliphatic heterocycles. The Morgan fingerprint density at radius 1 is 1.10 bits per heavy atom. The molecule has 2 aromatic rings. The molecule has 4 nitrogen and oxygen atoms in total. The van der Waals surface area contributed by atoms with Crippen molar-refractivity contribution in [3.05, 3.63) is 71.3 Å². The third-order valence-electron chi connectivity index (χ3n) is 6.51. The molecule has 1 amide bonds. The first kappa shape index (κ1) is 21.6. The van der Waals surface area contributed by atoms with E-state index in [9.17, 15) is 4.79 Å². The largest absolute Gasteiger partial charge is 0.383 e. The molecule has 0 unspecified atom stereocenters. The van der Waals surface area contributed by atoms with Crippen molar-refractivity contribution in [1.29, 1.82) is 0 Å². The van der Waals surface area contributed by atoms with Gasteiger partial charge in [0.1, 0.15) is 0 Å². The average Bonchev–Trinajstić information content (AvgIpc) is 3.25. The number of rotatable bonds is 6. The monoisotopic (exact) mass is 416 g/mol. The number of methoxy groups -OCH3 is 1. The highest BCUT2D eigenvalue weighted by atomic mass is 16.5. The fourth-order valence-electron chi connectivity index (χ4n) is 4.89. The van der Waals surface area contributed by atoms with E-state index in [1.165, 1.54) is 24.0 Å². The van der Waals surface area contributed by atoms with Crippen LogP contribution in [0, 0.1) is 17.8 Å². The first-order chi connectivity index (χ1) is 15.2.